The van der Waals surface area contributed by atoms with E-state index in [1.165, 1.54) is 0 Å². The van der Waals surface area contributed by atoms with Crippen LogP contribution in [0.25, 0.3) is 11.1 Å². The lowest BCUT2D eigenvalue weighted by Crippen LogP contribution is -2.12. The number of amides is 1. The number of hydrogen-bond acceptors (Lipinski definition) is 3. The van der Waals surface area contributed by atoms with Gasteiger partial charge < -0.3 is 16.2 Å². The number of anilines is 1. The molecule has 0 aliphatic rings. The smallest absolute Gasteiger partial charge is 0.255 e. The van der Waals surface area contributed by atoms with Crippen molar-refractivity contribution in [3.8, 4) is 11.1 Å². The molecule has 0 fully saturated rings. The predicted octanol–water partition coefficient (Wildman–Crippen LogP) is 3.56. The van der Waals surface area contributed by atoms with E-state index in [1.807, 2.05) is 60.7 Å². The summed E-state index contributed by atoms with van der Waals surface area (Å²) in [6, 6.07) is 22.5. The summed E-state index contributed by atoms with van der Waals surface area (Å²) in [6.07, 6.45) is 0. The predicted molar refractivity (Wildman–Crippen MR) is 100 cm³/mol. The molecule has 0 aliphatic heterocycles. The van der Waals surface area contributed by atoms with Crippen LogP contribution in [0.4, 0.5) is 5.69 Å². The van der Waals surface area contributed by atoms with Crippen LogP contribution in [0.15, 0.2) is 72.8 Å². The molecule has 0 unspecified atom stereocenters. The lowest BCUT2D eigenvalue weighted by Gasteiger charge is -2.11. The summed E-state index contributed by atoms with van der Waals surface area (Å²) in [5.41, 5.74) is 10.6. The molecule has 0 saturated heterocycles. The molecule has 0 spiro atoms. The zero-order valence-electron chi connectivity index (χ0n) is 13.8. The first-order valence-electron chi connectivity index (χ1n) is 8.11. The molecule has 126 valence electrons. The number of nitrogens with two attached hydrogens (primary N) is 1. The molecule has 0 saturated carbocycles. The van der Waals surface area contributed by atoms with Crippen LogP contribution in [-0.4, -0.2) is 11.0 Å². The monoisotopic (exact) mass is 332 g/mol. The molecule has 4 N–H and O–H groups in total. The van der Waals surface area contributed by atoms with Crippen molar-refractivity contribution in [1.29, 1.82) is 0 Å². The molecule has 0 heterocycles. The Morgan fingerprint density at radius 3 is 2.56 bits per heavy atom. The topological polar surface area (TPSA) is 75.4 Å². The number of benzene rings is 3. The van der Waals surface area contributed by atoms with Crippen molar-refractivity contribution in [2.75, 3.05) is 5.32 Å². The van der Waals surface area contributed by atoms with Gasteiger partial charge in [0.05, 0.1) is 6.61 Å². The molecule has 3 rings (SSSR count). The van der Waals surface area contributed by atoms with Gasteiger partial charge in [-0.25, -0.2) is 0 Å². The van der Waals surface area contributed by atoms with Gasteiger partial charge in [0.2, 0.25) is 0 Å². The Bertz CT molecular complexity index is 890. The summed E-state index contributed by atoms with van der Waals surface area (Å²) < 4.78 is 0. The highest BCUT2D eigenvalue weighted by atomic mass is 16.3. The van der Waals surface area contributed by atoms with Gasteiger partial charge in [0.1, 0.15) is 0 Å². The van der Waals surface area contributed by atoms with Crippen LogP contribution in [0.2, 0.25) is 0 Å². The van der Waals surface area contributed by atoms with Gasteiger partial charge in [-0.05, 0) is 46.5 Å². The Balaban J connectivity index is 1.85. The molecular weight excluding hydrogens is 312 g/mol. The first-order valence-corrected chi connectivity index (χ1v) is 8.11. The molecule has 3 aromatic rings. The van der Waals surface area contributed by atoms with Gasteiger partial charge in [-0.15, -0.1) is 0 Å². The number of carbonyl (C=O) groups excluding carboxylic acids is 1. The van der Waals surface area contributed by atoms with E-state index >= 15 is 0 Å². The minimum Gasteiger partial charge on any atom is -0.392 e. The minimum atomic E-state index is -0.178. The number of rotatable bonds is 5. The SMILES string of the molecule is NCc1cccc(C(=O)Nc2cccc(-c3ccccc3CO)c2)c1. The molecule has 0 atom stereocenters. The maximum Gasteiger partial charge on any atom is 0.255 e. The second kappa shape index (κ2) is 7.75. The van der Waals surface area contributed by atoms with Gasteiger partial charge in [0, 0.05) is 17.8 Å². The summed E-state index contributed by atoms with van der Waals surface area (Å²) in [5, 5.41) is 12.4. The van der Waals surface area contributed by atoms with Crippen molar-refractivity contribution in [3.63, 3.8) is 0 Å². The van der Waals surface area contributed by atoms with Gasteiger partial charge in [-0.1, -0.05) is 48.5 Å². The number of aliphatic hydroxyl groups excluding tert-OH is 1. The Kier molecular flexibility index (Phi) is 5.23. The fourth-order valence-electron chi connectivity index (χ4n) is 2.75. The van der Waals surface area contributed by atoms with E-state index in [0.717, 1.165) is 22.3 Å². The normalized spacial score (nSPS) is 10.5. The lowest BCUT2D eigenvalue weighted by molar-refractivity contribution is 0.102. The molecular formula is C21H20N2O2. The zero-order valence-corrected chi connectivity index (χ0v) is 13.8. The van der Waals surface area contributed by atoms with Gasteiger partial charge >= 0.3 is 0 Å². The van der Waals surface area contributed by atoms with Crippen LogP contribution < -0.4 is 11.1 Å². The van der Waals surface area contributed by atoms with Crippen molar-refractivity contribution >= 4 is 11.6 Å². The van der Waals surface area contributed by atoms with Crippen LogP contribution in [0, 0.1) is 0 Å². The van der Waals surface area contributed by atoms with Crippen LogP contribution in [0.1, 0.15) is 21.5 Å². The summed E-state index contributed by atoms with van der Waals surface area (Å²) in [5.74, 6) is -0.178. The fourth-order valence-corrected chi connectivity index (χ4v) is 2.75. The van der Waals surface area contributed by atoms with E-state index in [0.29, 0.717) is 17.8 Å². The van der Waals surface area contributed by atoms with Crippen molar-refractivity contribution in [2.45, 2.75) is 13.2 Å². The first-order chi connectivity index (χ1) is 12.2. The maximum absolute atomic E-state index is 12.5. The summed E-state index contributed by atoms with van der Waals surface area (Å²) >= 11 is 0. The average molecular weight is 332 g/mol. The molecule has 0 radical (unpaired) electrons. The van der Waals surface area contributed by atoms with Gasteiger partial charge in [0.15, 0.2) is 0 Å². The number of carbonyl (C=O) groups is 1. The highest BCUT2D eigenvalue weighted by Crippen LogP contribution is 2.26. The average Bonchev–Trinajstić information content (AvgIpc) is 2.68. The third kappa shape index (κ3) is 3.94. The molecule has 0 aliphatic carbocycles. The van der Waals surface area contributed by atoms with Crippen LogP contribution in [0.5, 0.6) is 0 Å². The van der Waals surface area contributed by atoms with Crippen LogP contribution >= 0.6 is 0 Å². The van der Waals surface area contributed by atoms with Crippen LogP contribution in [-0.2, 0) is 13.2 Å². The highest BCUT2D eigenvalue weighted by Gasteiger charge is 2.09. The number of hydrogen-bond donors (Lipinski definition) is 3. The summed E-state index contributed by atoms with van der Waals surface area (Å²) in [7, 11) is 0. The Hall–Kier alpha value is -2.95. The van der Waals surface area contributed by atoms with E-state index in [-0.39, 0.29) is 12.5 Å². The largest absolute Gasteiger partial charge is 0.392 e. The molecule has 25 heavy (non-hydrogen) atoms. The first kappa shape index (κ1) is 16.9. The van der Waals surface area contributed by atoms with E-state index in [9.17, 15) is 9.90 Å². The van der Waals surface area contributed by atoms with Crippen molar-refractivity contribution in [2.24, 2.45) is 5.73 Å². The Labute approximate surface area is 146 Å². The quantitative estimate of drug-likeness (QED) is 0.669. The van der Waals surface area contributed by atoms with E-state index in [1.54, 1.807) is 12.1 Å². The third-order valence-corrected chi connectivity index (χ3v) is 4.04. The Morgan fingerprint density at radius 2 is 1.76 bits per heavy atom. The van der Waals surface area contributed by atoms with E-state index < -0.39 is 0 Å². The molecule has 4 heteroatoms. The number of nitrogens with one attached hydrogen (secondary N) is 1. The summed E-state index contributed by atoms with van der Waals surface area (Å²) in [6.45, 7) is 0.368. The molecule has 3 aromatic carbocycles. The molecule has 1 amide bonds. The lowest BCUT2D eigenvalue weighted by atomic mass is 9.99. The zero-order chi connectivity index (χ0) is 17.6. The second-order valence-electron chi connectivity index (χ2n) is 5.75. The summed E-state index contributed by atoms with van der Waals surface area (Å²) in [4.78, 5) is 12.5. The second-order valence-corrected chi connectivity index (χ2v) is 5.75. The van der Waals surface area contributed by atoms with Gasteiger partial charge in [-0.2, -0.15) is 0 Å². The van der Waals surface area contributed by atoms with Crippen molar-refractivity contribution in [1.82, 2.24) is 0 Å². The standard InChI is InChI=1S/C21H20N2O2/c22-13-15-5-3-8-17(11-15)21(25)23-19-9-4-7-16(12-19)20-10-2-1-6-18(20)14-24/h1-12,24H,13-14,22H2,(H,23,25). The Morgan fingerprint density at radius 1 is 0.960 bits per heavy atom. The van der Waals surface area contributed by atoms with E-state index in [2.05, 4.69) is 5.32 Å². The van der Waals surface area contributed by atoms with E-state index in [4.69, 9.17) is 5.73 Å². The maximum atomic E-state index is 12.5. The third-order valence-electron chi connectivity index (χ3n) is 4.04. The number of aliphatic hydroxyl groups is 1. The van der Waals surface area contributed by atoms with Crippen molar-refractivity contribution < 1.29 is 9.90 Å². The molecule has 4 nitrogen and oxygen atoms in total. The molecule has 0 aromatic heterocycles. The highest BCUT2D eigenvalue weighted by molar-refractivity contribution is 6.04. The van der Waals surface area contributed by atoms with Crippen molar-refractivity contribution in [3.05, 3.63) is 89.5 Å². The fraction of sp³-hybridized carbons (Fsp3) is 0.0952. The van der Waals surface area contributed by atoms with Gasteiger partial charge in [0.25, 0.3) is 5.91 Å². The van der Waals surface area contributed by atoms with Crippen LogP contribution in [0.3, 0.4) is 0 Å². The van der Waals surface area contributed by atoms with Gasteiger partial charge in [-0.3, -0.25) is 4.79 Å². The minimum absolute atomic E-state index is 0.0291. The molecule has 0 bridgehead atoms.